The molecule has 8 nitrogen and oxygen atoms in total. The Kier molecular flexibility index (Phi) is 3.47. The number of anilines is 1. The number of fused-ring (bicyclic) bond motifs is 1. The first kappa shape index (κ1) is 15.5. The third kappa shape index (κ3) is 2.17. The zero-order chi connectivity index (χ0) is 17.5. The highest BCUT2D eigenvalue weighted by molar-refractivity contribution is 7.93. The number of benzene rings is 2. The fourth-order valence-corrected chi connectivity index (χ4v) is 4.13. The molecule has 0 radical (unpaired) electrons. The highest BCUT2D eigenvalue weighted by atomic mass is 32.2. The van der Waals surface area contributed by atoms with E-state index >= 15 is 0 Å². The lowest BCUT2D eigenvalue weighted by Crippen LogP contribution is -2.38. The van der Waals surface area contributed by atoms with E-state index in [0.29, 0.717) is 0 Å². The predicted octanol–water partition coefficient (Wildman–Crippen LogP) is 1.95. The van der Waals surface area contributed by atoms with Crippen LogP contribution in [0.4, 0.5) is 11.4 Å². The number of nitro groups is 1. The number of para-hydroxylation sites is 1. The van der Waals surface area contributed by atoms with Gasteiger partial charge in [-0.05, 0) is 18.2 Å². The molecule has 0 saturated carbocycles. The number of sulfonamides is 1. The van der Waals surface area contributed by atoms with Gasteiger partial charge in [-0.1, -0.05) is 18.2 Å². The Morgan fingerprint density at radius 1 is 1.17 bits per heavy atom. The van der Waals surface area contributed by atoms with Gasteiger partial charge in [0.15, 0.2) is 0 Å². The molecule has 0 unspecified atom stereocenters. The van der Waals surface area contributed by atoms with E-state index in [1.54, 1.807) is 18.2 Å². The number of nitrogens with zero attached hydrogens (tertiary/aromatic N) is 3. The molecule has 3 rings (SSSR count). The summed E-state index contributed by atoms with van der Waals surface area (Å²) in [4.78, 5) is 9.93. The van der Waals surface area contributed by atoms with Gasteiger partial charge in [-0.25, -0.2) is 12.7 Å². The quantitative estimate of drug-likeness (QED) is 0.655. The molecule has 2 aromatic carbocycles. The first-order chi connectivity index (χ1) is 11.4. The van der Waals surface area contributed by atoms with Crippen LogP contribution in [0.2, 0.25) is 0 Å². The van der Waals surface area contributed by atoms with Crippen molar-refractivity contribution in [1.29, 1.82) is 5.26 Å². The van der Waals surface area contributed by atoms with Crippen molar-refractivity contribution in [1.82, 2.24) is 0 Å². The molecule has 0 amide bonds. The molecular weight excluding hydrogens is 332 g/mol. The van der Waals surface area contributed by atoms with Crippen molar-refractivity contribution in [2.45, 2.75) is 4.90 Å². The van der Waals surface area contributed by atoms with Crippen molar-refractivity contribution in [2.75, 3.05) is 4.31 Å². The molecule has 1 heterocycles. The maximum Gasteiger partial charge on any atom is 0.270 e. The van der Waals surface area contributed by atoms with E-state index in [9.17, 15) is 23.8 Å². The van der Waals surface area contributed by atoms with E-state index in [2.05, 4.69) is 0 Å². The molecule has 0 fully saturated rings. The summed E-state index contributed by atoms with van der Waals surface area (Å²) in [5.74, 6) is -0.245. The fraction of sp³-hybridized carbons (Fsp3) is 0. The van der Waals surface area contributed by atoms with Gasteiger partial charge in [0.05, 0.1) is 10.6 Å². The summed E-state index contributed by atoms with van der Waals surface area (Å²) in [6, 6.07) is 13.1. The summed E-state index contributed by atoms with van der Waals surface area (Å²) in [5, 5.41) is 20.3. The molecule has 0 atom stereocenters. The van der Waals surface area contributed by atoms with Gasteiger partial charge in [0.2, 0.25) is 0 Å². The van der Waals surface area contributed by atoms with E-state index in [0.717, 1.165) is 16.4 Å². The molecule has 2 N–H and O–H groups in total. The Hall–Kier alpha value is -3.38. The Balaban J connectivity index is 2.36. The second kappa shape index (κ2) is 5.36. The van der Waals surface area contributed by atoms with E-state index in [1.165, 1.54) is 18.2 Å². The summed E-state index contributed by atoms with van der Waals surface area (Å²) in [5.41, 5.74) is 5.77. The fourth-order valence-electron chi connectivity index (χ4n) is 2.47. The van der Waals surface area contributed by atoms with Crippen molar-refractivity contribution in [2.24, 2.45) is 5.73 Å². The van der Waals surface area contributed by atoms with Gasteiger partial charge in [-0.2, -0.15) is 5.26 Å². The molecule has 0 saturated heterocycles. The summed E-state index contributed by atoms with van der Waals surface area (Å²) >= 11 is 0. The molecule has 0 aliphatic carbocycles. The SMILES string of the molecule is N#CC1=C(N)N(c2ccccc2)S(=O)(=O)c2cc([N+](=O)[O-])ccc21. The minimum atomic E-state index is -4.19. The van der Waals surface area contributed by atoms with Crippen LogP contribution >= 0.6 is 0 Å². The maximum atomic E-state index is 12.9. The van der Waals surface area contributed by atoms with Crippen LogP contribution in [0.15, 0.2) is 59.2 Å². The Labute approximate surface area is 137 Å². The Bertz CT molecular complexity index is 1020. The van der Waals surface area contributed by atoms with Crippen LogP contribution in [-0.2, 0) is 10.0 Å². The Morgan fingerprint density at radius 2 is 1.83 bits per heavy atom. The van der Waals surface area contributed by atoms with Crippen LogP contribution in [0.5, 0.6) is 0 Å². The van der Waals surface area contributed by atoms with Crippen molar-refractivity contribution in [3.63, 3.8) is 0 Å². The molecule has 24 heavy (non-hydrogen) atoms. The van der Waals surface area contributed by atoms with Crippen LogP contribution in [0.25, 0.3) is 5.57 Å². The number of hydrogen-bond acceptors (Lipinski definition) is 6. The van der Waals surface area contributed by atoms with Crippen LogP contribution in [-0.4, -0.2) is 13.3 Å². The smallest absolute Gasteiger partial charge is 0.270 e. The minimum absolute atomic E-state index is 0.0489. The lowest BCUT2D eigenvalue weighted by Gasteiger charge is -2.30. The number of nitriles is 1. The lowest BCUT2D eigenvalue weighted by atomic mass is 10.1. The predicted molar refractivity (Wildman–Crippen MR) is 85.9 cm³/mol. The Morgan fingerprint density at radius 3 is 2.42 bits per heavy atom. The molecular formula is C15H10N4O4S. The second-order valence-corrected chi connectivity index (χ2v) is 6.67. The zero-order valence-corrected chi connectivity index (χ0v) is 12.9. The zero-order valence-electron chi connectivity index (χ0n) is 12.1. The second-order valence-electron chi connectivity index (χ2n) is 4.91. The van der Waals surface area contributed by atoms with Crippen molar-refractivity contribution >= 4 is 27.0 Å². The van der Waals surface area contributed by atoms with Gasteiger partial charge < -0.3 is 5.73 Å². The highest BCUT2D eigenvalue weighted by Crippen LogP contribution is 2.39. The van der Waals surface area contributed by atoms with Gasteiger partial charge in [0.1, 0.15) is 22.4 Å². The third-order valence-electron chi connectivity index (χ3n) is 3.54. The van der Waals surface area contributed by atoms with Crippen LogP contribution < -0.4 is 10.0 Å². The third-order valence-corrected chi connectivity index (χ3v) is 5.32. The normalized spacial score (nSPS) is 15.5. The highest BCUT2D eigenvalue weighted by Gasteiger charge is 2.38. The maximum absolute atomic E-state index is 12.9. The average molecular weight is 342 g/mol. The van der Waals surface area contributed by atoms with Gasteiger partial charge in [-0.3, -0.25) is 10.1 Å². The molecule has 2 aromatic rings. The number of allylic oxidation sites excluding steroid dienone is 1. The topological polar surface area (TPSA) is 130 Å². The van der Waals surface area contributed by atoms with E-state index in [4.69, 9.17) is 5.73 Å². The largest absolute Gasteiger partial charge is 0.383 e. The van der Waals surface area contributed by atoms with Crippen LogP contribution in [0.1, 0.15) is 5.56 Å². The van der Waals surface area contributed by atoms with E-state index in [-0.39, 0.29) is 33.2 Å². The van der Waals surface area contributed by atoms with E-state index < -0.39 is 14.9 Å². The summed E-state index contributed by atoms with van der Waals surface area (Å²) in [6.45, 7) is 0. The first-order valence-corrected chi connectivity index (χ1v) is 8.11. The van der Waals surface area contributed by atoms with Crippen LogP contribution in [0, 0.1) is 21.4 Å². The lowest BCUT2D eigenvalue weighted by molar-refractivity contribution is -0.385. The van der Waals surface area contributed by atoms with Crippen molar-refractivity contribution in [3.05, 3.63) is 70.0 Å². The number of rotatable bonds is 2. The first-order valence-electron chi connectivity index (χ1n) is 6.67. The number of nitrogens with two attached hydrogens (primary N) is 1. The van der Waals surface area contributed by atoms with Gasteiger partial charge in [0, 0.05) is 17.7 Å². The summed E-state index contributed by atoms with van der Waals surface area (Å²) in [6.07, 6.45) is 0. The number of hydrogen-bond donors (Lipinski definition) is 1. The molecule has 1 aliphatic rings. The standard InChI is InChI=1S/C15H10N4O4S/c16-9-13-12-7-6-11(19(20)21)8-14(12)24(22,23)18(15(13)17)10-4-2-1-3-5-10/h1-8H,17H2. The van der Waals surface area contributed by atoms with E-state index in [1.807, 2.05) is 6.07 Å². The number of nitro benzene ring substituents is 1. The minimum Gasteiger partial charge on any atom is -0.383 e. The molecule has 9 heteroatoms. The van der Waals surface area contributed by atoms with Crippen molar-refractivity contribution in [3.8, 4) is 6.07 Å². The van der Waals surface area contributed by atoms with Gasteiger partial charge >= 0.3 is 0 Å². The monoisotopic (exact) mass is 342 g/mol. The summed E-state index contributed by atoms with van der Waals surface area (Å²) in [7, 11) is -4.19. The number of non-ortho nitro benzene ring substituents is 1. The molecule has 0 spiro atoms. The molecule has 1 aliphatic heterocycles. The van der Waals surface area contributed by atoms with Gasteiger partial charge in [0.25, 0.3) is 15.7 Å². The van der Waals surface area contributed by atoms with Gasteiger partial charge in [-0.15, -0.1) is 0 Å². The molecule has 120 valence electrons. The molecule has 0 aromatic heterocycles. The van der Waals surface area contributed by atoms with Crippen LogP contribution in [0.3, 0.4) is 0 Å². The summed E-state index contributed by atoms with van der Waals surface area (Å²) < 4.78 is 26.7. The molecule has 0 bridgehead atoms. The van der Waals surface area contributed by atoms with Crippen molar-refractivity contribution < 1.29 is 13.3 Å². The average Bonchev–Trinajstić information content (AvgIpc) is 2.55.